The molecule has 18 heavy (non-hydrogen) atoms. The predicted octanol–water partition coefficient (Wildman–Crippen LogP) is 3.42. The fourth-order valence-corrected chi connectivity index (χ4v) is 3.77. The Balaban J connectivity index is 1.90. The number of ether oxygens (including phenoxy) is 1. The second-order valence-electron chi connectivity index (χ2n) is 5.18. The summed E-state index contributed by atoms with van der Waals surface area (Å²) in [6, 6.07) is 5.54. The van der Waals surface area contributed by atoms with Crippen molar-refractivity contribution in [2.24, 2.45) is 5.92 Å². The Kier molecular flexibility index (Phi) is 3.43. The molecule has 0 aliphatic carbocycles. The molecule has 0 amide bonds. The lowest BCUT2D eigenvalue weighted by Crippen LogP contribution is -2.32. The molecule has 0 spiro atoms. The summed E-state index contributed by atoms with van der Waals surface area (Å²) < 4.78 is 20.6. The van der Waals surface area contributed by atoms with Crippen molar-refractivity contribution in [3.8, 4) is 0 Å². The highest BCUT2D eigenvalue weighted by molar-refractivity contribution is 9.10. The molecule has 2 fully saturated rings. The summed E-state index contributed by atoms with van der Waals surface area (Å²) in [6.45, 7) is 0. The van der Waals surface area contributed by atoms with E-state index in [2.05, 4.69) is 21.2 Å². The molecule has 4 heteroatoms. The van der Waals surface area contributed by atoms with Crippen LogP contribution in [0.2, 0.25) is 0 Å². The van der Waals surface area contributed by atoms with Crippen molar-refractivity contribution in [3.63, 3.8) is 0 Å². The number of rotatable bonds is 3. The van der Waals surface area contributed by atoms with Crippen molar-refractivity contribution < 1.29 is 9.13 Å². The average Bonchev–Trinajstić information content (AvgIpc) is 2.98. The molecule has 2 aliphatic heterocycles. The van der Waals surface area contributed by atoms with Crippen LogP contribution in [0.1, 0.15) is 30.9 Å². The average molecular weight is 314 g/mol. The standard InChI is InChI=1S/C14H17BrFNO/c1-17-14(9-3-2-4-11(15)13(9)16)10-7-8-5-6-12(10)18-8/h2-4,8,10,12,14,17H,5-7H2,1H3. The molecule has 4 atom stereocenters. The number of hydrogen-bond donors (Lipinski definition) is 1. The van der Waals surface area contributed by atoms with E-state index in [-0.39, 0.29) is 11.9 Å². The summed E-state index contributed by atoms with van der Waals surface area (Å²) in [4.78, 5) is 0. The largest absolute Gasteiger partial charge is 0.375 e. The van der Waals surface area contributed by atoms with Crippen LogP contribution in [-0.2, 0) is 4.74 Å². The molecular weight excluding hydrogens is 297 g/mol. The maximum atomic E-state index is 14.2. The lowest BCUT2D eigenvalue weighted by Gasteiger charge is -2.29. The molecule has 3 rings (SSSR count). The van der Waals surface area contributed by atoms with Crippen LogP contribution in [-0.4, -0.2) is 19.3 Å². The van der Waals surface area contributed by atoms with Gasteiger partial charge in [-0.15, -0.1) is 0 Å². The molecule has 2 nitrogen and oxygen atoms in total. The lowest BCUT2D eigenvalue weighted by molar-refractivity contribution is 0.0860. The summed E-state index contributed by atoms with van der Waals surface area (Å²) in [6.07, 6.45) is 4.01. The van der Waals surface area contributed by atoms with E-state index in [1.165, 1.54) is 6.42 Å². The van der Waals surface area contributed by atoms with E-state index in [4.69, 9.17) is 4.74 Å². The van der Waals surface area contributed by atoms with E-state index >= 15 is 0 Å². The van der Waals surface area contributed by atoms with Gasteiger partial charge in [0.25, 0.3) is 0 Å². The Morgan fingerprint density at radius 2 is 2.28 bits per heavy atom. The molecule has 0 saturated carbocycles. The topological polar surface area (TPSA) is 21.3 Å². The number of hydrogen-bond acceptors (Lipinski definition) is 2. The second kappa shape index (κ2) is 4.91. The molecule has 98 valence electrons. The van der Waals surface area contributed by atoms with Crippen LogP contribution in [0, 0.1) is 11.7 Å². The predicted molar refractivity (Wildman–Crippen MR) is 71.9 cm³/mol. The molecule has 2 bridgehead atoms. The zero-order valence-electron chi connectivity index (χ0n) is 10.3. The Hall–Kier alpha value is -0.450. The molecule has 0 radical (unpaired) electrons. The molecule has 2 saturated heterocycles. The van der Waals surface area contributed by atoms with Gasteiger partial charge in [-0.25, -0.2) is 4.39 Å². The Bertz CT molecular complexity index is 453. The Morgan fingerprint density at radius 3 is 2.89 bits per heavy atom. The monoisotopic (exact) mass is 313 g/mol. The molecule has 1 aromatic rings. The van der Waals surface area contributed by atoms with Gasteiger partial charge in [-0.1, -0.05) is 12.1 Å². The number of nitrogens with one attached hydrogen (secondary N) is 1. The molecule has 1 N–H and O–H groups in total. The van der Waals surface area contributed by atoms with Crippen LogP contribution < -0.4 is 5.32 Å². The van der Waals surface area contributed by atoms with Crippen molar-refractivity contribution in [2.45, 2.75) is 37.5 Å². The zero-order chi connectivity index (χ0) is 12.7. The van der Waals surface area contributed by atoms with Gasteiger partial charge in [0.15, 0.2) is 0 Å². The summed E-state index contributed by atoms with van der Waals surface area (Å²) in [5, 5.41) is 3.27. The Morgan fingerprint density at radius 1 is 1.44 bits per heavy atom. The van der Waals surface area contributed by atoms with E-state index in [0.29, 0.717) is 22.6 Å². The molecular formula is C14H17BrFNO. The van der Waals surface area contributed by atoms with Crippen LogP contribution in [0.25, 0.3) is 0 Å². The third-order valence-electron chi connectivity index (χ3n) is 4.21. The van der Waals surface area contributed by atoms with Crippen LogP contribution in [0.5, 0.6) is 0 Å². The van der Waals surface area contributed by atoms with Gasteiger partial charge < -0.3 is 10.1 Å². The van der Waals surface area contributed by atoms with Crippen molar-refractivity contribution >= 4 is 15.9 Å². The minimum atomic E-state index is -0.153. The lowest BCUT2D eigenvalue weighted by atomic mass is 9.81. The smallest absolute Gasteiger partial charge is 0.142 e. The molecule has 0 aromatic heterocycles. The third kappa shape index (κ3) is 2.00. The van der Waals surface area contributed by atoms with Gasteiger partial charge in [-0.2, -0.15) is 0 Å². The summed E-state index contributed by atoms with van der Waals surface area (Å²) in [5.41, 5.74) is 0.744. The van der Waals surface area contributed by atoms with Crippen LogP contribution in [0.4, 0.5) is 4.39 Å². The van der Waals surface area contributed by atoms with E-state index in [1.54, 1.807) is 6.07 Å². The summed E-state index contributed by atoms with van der Waals surface area (Å²) in [7, 11) is 1.90. The fraction of sp³-hybridized carbons (Fsp3) is 0.571. The van der Waals surface area contributed by atoms with Gasteiger partial charge in [-0.05, 0) is 48.3 Å². The third-order valence-corrected chi connectivity index (χ3v) is 4.82. The maximum absolute atomic E-state index is 14.2. The van der Waals surface area contributed by atoms with Gasteiger partial charge in [0.1, 0.15) is 5.82 Å². The molecule has 2 heterocycles. The molecule has 2 aliphatic rings. The minimum Gasteiger partial charge on any atom is -0.375 e. The number of fused-ring (bicyclic) bond motifs is 2. The van der Waals surface area contributed by atoms with Crippen LogP contribution in [0.3, 0.4) is 0 Å². The SMILES string of the molecule is CNC(c1cccc(Br)c1F)C1CC2CCC1O2. The van der Waals surface area contributed by atoms with Gasteiger partial charge in [0.2, 0.25) is 0 Å². The maximum Gasteiger partial charge on any atom is 0.142 e. The minimum absolute atomic E-state index is 0.0396. The Labute approximate surface area is 115 Å². The normalized spacial score (nSPS) is 31.8. The van der Waals surface area contributed by atoms with Gasteiger partial charge in [-0.3, -0.25) is 0 Å². The number of benzene rings is 1. The molecule has 4 unspecified atom stereocenters. The van der Waals surface area contributed by atoms with Crippen molar-refractivity contribution in [1.82, 2.24) is 5.32 Å². The fourth-order valence-electron chi connectivity index (χ4n) is 3.39. The molecule has 1 aromatic carbocycles. The van der Waals surface area contributed by atoms with E-state index < -0.39 is 0 Å². The first-order valence-corrected chi connectivity index (χ1v) is 7.26. The van der Waals surface area contributed by atoms with Gasteiger partial charge in [0.05, 0.1) is 16.7 Å². The van der Waals surface area contributed by atoms with Crippen LogP contribution in [0.15, 0.2) is 22.7 Å². The van der Waals surface area contributed by atoms with Gasteiger partial charge in [0, 0.05) is 17.5 Å². The first kappa shape index (κ1) is 12.6. The zero-order valence-corrected chi connectivity index (χ0v) is 11.9. The summed E-state index contributed by atoms with van der Waals surface area (Å²) in [5.74, 6) is 0.233. The van der Waals surface area contributed by atoms with Crippen molar-refractivity contribution in [3.05, 3.63) is 34.1 Å². The number of halogens is 2. The van der Waals surface area contributed by atoms with Crippen molar-refractivity contribution in [1.29, 1.82) is 0 Å². The first-order chi connectivity index (χ1) is 8.70. The highest BCUT2D eigenvalue weighted by atomic mass is 79.9. The summed E-state index contributed by atoms with van der Waals surface area (Å²) >= 11 is 3.26. The first-order valence-electron chi connectivity index (χ1n) is 6.47. The highest BCUT2D eigenvalue weighted by Gasteiger charge is 2.44. The van der Waals surface area contributed by atoms with E-state index in [9.17, 15) is 4.39 Å². The van der Waals surface area contributed by atoms with E-state index in [1.807, 2.05) is 19.2 Å². The second-order valence-corrected chi connectivity index (χ2v) is 6.04. The highest BCUT2D eigenvalue weighted by Crippen LogP contribution is 2.45. The van der Waals surface area contributed by atoms with Crippen molar-refractivity contribution in [2.75, 3.05) is 7.05 Å². The van der Waals surface area contributed by atoms with Gasteiger partial charge >= 0.3 is 0 Å². The van der Waals surface area contributed by atoms with Crippen LogP contribution >= 0.6 is 15.9 Å². The van der Waals surface area contributed by atoms with E-state index in [0.717, 1.165) is 18.4 Å². The quantitative estimate of drug-likeness (QED) is 0.923.